The van der Waals surface area contributed by atoms with Crippen LogP contribution in [0.25, 0.3) is 10.9 Å². The zero-order valence-corrected chi connectivity index (χ0v) is 12.6. The number of fused-ring (bicyclic) bond motifs is 1. The van der Waals surface area contributed by atoms with E-state index in [2.05, 4.69) is 16.4 Å². The Morgan fingerprint density at radius 2 is 2.22 bits per heavy atom. The number of rotatable bonds is 4. The number of hydrogen-bond donors (Lipinski definition) is 1. The first-order chi connectivity index (χ1) is 11.2. The number of amides is 1. The average molecular weight is 305 g/mol. The van der Waals surface area contributed by atoms with Crippen LogP contribution < -0.4 is 5.43 Å². The lowest BCUT2D eigenvalue weighted by Crippen LogP contribution is -2.16. The van der Waals surface area contributed by atoms with Gasteiger partial charge >= 0.3 is 5.91 Å². The molecule has 0 bridgehead atoms. The third kappa shape index (κ3) is 3.01. The number of nitrogens with zero attached hydrogens (tertiary/aromatic N) is 2. The first-order valence-electron chi connectivity index (χ1n) is 7.10. The van der Waals surface area contributed by atoms with Crippen molar-refractivity contribution in [2.75, 3.05) is 0 Å². The fraction of sp³-hybridized carbons (Fsp3) is 0.111. The zero-order valence-electron chi connectivity index (χ0n) is 12.6. The monoisotopic (exact) mass is 305 g/mol. The summed E-state index contributed by atoms with van der Waals surface area (Å²) < 4.78 is 7.21. The minimum absolute atomic E-state index is 0.231. The van der Waals surface area contributed by atoms with Crippen molar-refractivity contribution in [2.24, 2.45) is 5.10 Å². The fourth-order valence-electron chi connectivity index (χ4n) is 2.38. The van der Waals surface area contributed by atoms with Crippen LogP contribution in [0, 0.1) is 19.3 Å². The number of carbonyl (C=O) groups excluding carboxylic acids is 1. The Bertz CT molecular complexity index is 925. The molecule has 0 saturated heterocycles. The number of carbonyl (C=O) groups is 1. The third-order valence-electron chi connectivity index (χ3n) is 3.41. The summed E-state index contributed by atoms with van der Waals surface area (Å²) in [6.45, 7) is 2.26. The molecule has 0 aliphatic heterocycles. The number of terminal acetylenes is 1. The third-order valence-corrected chi connectivity index (χ3v) is 3.41. The number of para-hydroxylation sites is 1. The van der Waals surface area contributed by atoms with E-state index in [1.807, 2.05) is 35.0 Å². The maximum atomic E-state index is 11.9. The van der Waals surface area contributed by atoms with Gasteiger partial charge in [0, 0.05) is 22.7 Å². The Hall–Kier alpha value is -3.26. The van der Waals surface area contributed by atoms with Crippen molar-refractivity contribution >= 4 is 23.0 Å². The summed E-state index contributed by atoms with van der Waals surface area (Å²) in [6, 6.07) is 11.2. The normalized spacial score (nSPS) is 11.0. The lowest BCUT2D eigenvalue weighted by Gasteiger charge is -1.97. The molecule has 1 amide bonds. The lowest BCUT2D eigenvalue weighted by atomic mass is 10.2. The largest absolute Gasteiger partial charge is 0.456 e. The zero-order chi connectivity index (χ0) is 16.2. The minimum Gasteiger partial charge on any atom is -0.456 e. The molecule has 5 heteroatoms. The second kappa shape index (κ2) is 6.24. The molecular weight excluding hydrogens is 290 g/mol. The maximum absolute atomic E-state index is 11.9. The van der Waals surface area contributed by atoms with Crippen molar-refractivity contribution in [3.05, 3.63) is 59.7 Å². The summed E-state index contributed by atoms with van der Waals surface area (Å²) in [5.41, 5.74) is 4.36. The van der Waals surface area contributed by atoms with E-state index >= 15 is 0 Å². The number of nitrogens with one attached hydrogen (secondary N) is 1. The van der Waals surface area contributed by atoms with Crippen LogP contribution in [-0.4, -0.2) is 16.7 Å². The van der Waals surface area contributed by atoms with Gasteiger partial charge in [-0.2, -0.15) is 5.10 Å². The van der Waals surface area contributed by atoms with Gasteiger partial charge in [0.2, 0.25) is 0 Å². The van der Waals surface area contributed by atoms with Crippen molar-refractivity contribution in [1.29, 1.82) is 0 Å². The highest BCUT2D eigenvalue weighted by atomic mass is 16.3. The molecule has 2 heterocycles. The van der Waals surface area contributed by atoms with Gasteiger partial charge in [0.1, 0.15) is 5.76 Å². The molecular formula is C18H15N3O2. The Balaban J connectivity index is 1.81. The summed E-state index contributed by atoms with van der Waals surface area (Å²) in [5.74, 6) is 3.14. The van der Waals surface area contributed by atoms with Crippen LogP contribution in [0.15, 0.2) is 52.1 Å². The fourth-order valence-corrected chi connectivity index (χ4v) is 2.38. The molecule has 0 aliphatic rings. The van der Waals surface area contributed by atoms with E-state index < -0.39 is 0 Å². The van der Waals surface area contributed by atoms with E-state index in [4.69, 9.17) is 10.8 Å². The van der Waals surface area contributed by atoms with Crippen LogP contribution in [0.5, 0.6) is 0 Å². The van der Waals surface area contributed by atoms with Crippen LogP contribution in [0.3, 0.4) is 0 Å². The number of hydrogen-bond acceptors (Lipinski definition) is 3. The van der Waals surface area contributed by atoms with E-state index in [1.165, 1.54) is 0 Å². The Labute approximate surface area is 133 Å². The molecule has 0 radical (unpaired) electrons. The van der Waals surface area contributed by atoms with Gasteiger partial charge < -0.3 is 8.98 Å². The summed E-state index contributed by atoms with van der Waals surface area (Å²) in [7, 11) is 0. The Kier molecular flexibility index (Phi) is 3.98. The minimum atomic E-state index is -0.387. The highest BCUT2D eigenvalue weighted by Gasteiger charge is 2.09. The number of aromatic nitrogens is 1. The quantitative estimate of drug-likeness (QED) is 0.458. The summed E-state index contributed by atoms with van der Waals surface area (Å²) >= 11 is 0. The van der Waals surface area contributed by atoms with E-state index in [9.17, 15) is 4.79 Å². The number of hydrazone groups is 1. The van der Waals surface area contributed by atoms with Crippen molar-refractivity contribution in [2.45, 2.75) is 13.5 Å². The first kappa shape index (κ1) is 14.7. The van der Waals surface area contributed by atoms with Crippen LogP contribution in [0.4, 0.5) is 0 Å². The number of benzene rings is 1. The highest BCUT2D eigenvalue weighted by Crippen LogP contribution is 2.19. The molecule has 1 N–H and O–H groups in total. The molecule has 0 unspecified atom stereocenters. The van der Waals surface area contributed by atoms with Gasteiger partial charge in [-0.1, -0.05) is 24.1 Å². The molecule has 0 spiro atoms. The second-order valence-corrected chi connectivity index (χ2v) is 5.04. The predicted molar refractivity (Wildman–Crippen MR) is 89.3 cm³/mol. The standard InChI is InChI=1S/C18H15N3O2/c1-3-10-21-12-14(15-6-4-5-7-16(15)21)11-19-20-18(22)17-9-8-13(2)23-17/h1,4-9,11-12H,10H2,2H3,(H,20,22)/b19-11-. The lowest BCUT2D eigenvalue weighted by molar-refractivity contribution is 0.0926. The smallest absolute Gasteiger partial charge is 0.307 e. The summed E-state index contributed by atoms with van der Waals surface area (Å²) in [4.78, 5) is 11.9. The molecule has 0 saturated carbocycles. The topological polar surface area (TPSA) is 59.5 Å². The molecule has 23 heavy (non-hydrogen) atoms. The van der Waals surface area contributed by atoms with Gasteiger partial charge in [-0.25, -0.2) is 5.43 Å². The second-order valence-electron chi connectivity index (χ2n) is 5.04. The Morgan fingerprint density at radius 1 is 1.39 bits per heavy atom. The van der Waals surface area contributed by atoms with Gasteiger partial charge in [-0.05, 0) is 25.1 Å². The van der Waals surface area contributed by atoms with E-state index in [0.29, 0.717) is 12.3 Å². The van der Waals surface area contributed by atoms with E-state index in [0.717, 1.165) is 16.5 Å². The van der Waals surface area contributed by atoms with Gasteiger partial charge in [0.25, 0.3) is 0 Å². The average Bonchev–Trinajstić information content (AvgIpc) is 3.13. The molecule has 0 fully saturated rings. The predicted octanol–water partition coefficient (Wildman–Crippen LogP) is 2.94. The van der Waals surface area contributed by atoms with E-state index in [-0.39, 0.29) is 11.7 Å². The molecule has 114 valence electrons. The van der Waals surface area contributed by atoms with Crippen LogP contribution >= 0.6 is 0 Å². The number of aryl methyl sites for hydroxylation is 1. The SMILES string of the molecule is C#CCn1cc(/C=N\NC(=O)c2ccc(C)o2)c2ccccc21. The van der Waals surface area contributed by atoms with Crippen molar-refractivity contribution in [1.82, 2.24) is 9.99 Å². The summed E-state index contributed by atoms with van der Waals surface area (Å²) in [6.07, 6.45) is 8.91. The van der Waals surface area contributed by atoms with E-state index in [1.54, 1.807) is 25.3 Å². The molecule has 5 nitrogen and oxygen atoms in total. The van der Waals surface area contributed by atoms with Crippen LogP contribution in [0.2, 0.25) is 0 Å². The van der Waals surface area contributed by atoms with Gasteiger partial charge in [-0.15, -0.1) is 6.42 Å². The van der Waals surface area contributed by atoms with Crippen molar-refractivity contribution < 1.29 is 9.21 Å². The van der Waals surface area contributed by atoms with Crippen LogP contribution in [-0.2, 0) is 6.54 Å². The van der Waals surface area contributed by atoms with Gasteiger partial charge in [0.15, 0.2) is 5.76 Å². The molecule has 3 rings (SSSR count). The molecule has 2 aromatic heterocycles. The number of furan rings is 1. The van der Waals surface area contributed by atoms with Crippen molar-refractivity contribution in [3.8, 4) is 12.3 Å². The Morgan fingerprint density at radius 3 is 2.96 bits per heavy atom. The molecule has 0 aliphatic carbocycles. The maximum Gasteiger partial charge on any atom is 0.307 e. The molecule has 1 aromatic carbocycles. The highest BCUT2D eigenvalue weighted by molar-refractivity contribution is 6.00. The summed E-state index contributed by atoms with van der Waals surface area (Å²) in [5, 5.41) is 5.02. The first-order valence-corrected chi connectivity index (χ1v) is 7.10. The van der Waals surface area contributed by atoms with Gasteiger partial charge in [-0.3, -0.25) is 4.79 Å². The molecule has 0 atom stereocenters. The van der Waals surface area contributed by atoms with Crippen LogP contribution in [0.1, 0.15) is 21.9 Å². The van der Waals surface area contributed by atoms with Gasteiger partial charge in [0.05, 0.1) is 12.8 Å². The molecule has 3 aromatic rings. The van der Waals surface area contributed by atoms with Crippen molar-refractivity contribution in [3.63, 3.8) is 0 Å².